The van der Waals surface area contributed by atoms with Gasteiger partial charge in [0, 0.05) is 12.8 Å². The molecule has 25 heavy (non-hydrogen) atoms. The zero-order valence-corrected chi connectivity index (χ0v) is 17.0. The molecule has 0 fully saturated rings. The molecule has 0 aromatic heterocycles. The molecule has 0 bridgehead atoms. The molecule has 0 aromatic rings. The van der Waals surface area contributed by atoms with Crippen molar-refractivity contribution in [3.8, 4) is 0 Å². The molecule has 0 N–H and O–H groups in total. The lowest BCUT2D eigenvalue weighted by atomic mass is 9.99. The summed E-state index contributed by atoms with van der Waals surface area (Å²) >= 11 is 0. The summed E-state index contributed by atoms with van der Waals surface area (Å²) in [7, 11) is 0. The predicted molar refractivity (Wildman–Crippen MR) is 102 cm³/mol. The topological polar surface area (TPSA) is 52.6 Å². The monoisotopic (exact) mass is 356 g/mol. The van der Waals surface area contributed by atoms with E-state index in [9.17, 15) is 9.59 Å². The lowest BCUT2D eigenvalue weighted by Crippen LogP contribution is -2.16. The van der Waals surface area contributed by atoms with Crippen LogP contribution < -0.4 is 0 Å². The first-order valence-corrected chi connectivity index (χ1v) is 10.4. The fraction of sp³-hybridized carbons (Fsp3) is 0.905. The molecule has 0 saturated heterocycles. The fourth-order valence-corrected chi connectivity index (χ4v) is 3.20. The molecule has 4 nitrogen and oxygen atoms in total. The van der Waals surface area contributed by atoms with E-state index in [0.717, 1.165) is 51.4 Å². The normalized spacial score (nSPS) is 11.1. The van der Waals surface area contributed by atoms with Gasteiger partial charge in [-0.15, -0.1) is 0 Å². The Labute approximate surface area is 155 Å². The van der Waals surface area contributed by atoms with Crippen LogP contribution in [0.3, 0.4) is 0 Å². The third-order valence-corrected chi connectivity index (χ3v) is 4.51. The Morgan fingerprint density at radius 3 is 1.24 bits per heavy atom. The zero-order valence-electron chi connectivity index (χ0n) is 17.0. The van der Waals surface area contributed by atoms with Crippen LogP contribution in [0.5, 0.6) is 0 Å². The van der Waals surface area contributed by atoms with Crippen LogP contribution in [0.2, 0.25) is 0 Å². The molecule has 148 valence electrons. The van der Waals surface area contributed by atoms with Crippen molar-refractivity contribution in [3.63, 3.8) is 0 Å². The molecule has 0 aromatic carbocycles. The van der Waals surface area contributed by atoms with Crippen LogP contribution in [-0.2, 0) is 19.1 Å². The second-order valence-corrected chi connectivity index (χ2v) is 7.11. The predicted octanol–water partition coefficient (Wildman–Crippen LogP) is 5.68. The van der Waals surface area contributed by atoms with E-state index >= 15 is 0 Å². The maximum Gasteiger partial charge on any atom is 0.305 e. The van der Waals surface area contributed by atoms with Crippen molar-refractivity contribution in [3.05, 3.63) is 0 Å². The molecule has 0 aliphatic heterocycles. The molecule has 0 saturated carbocycles. The summed E-state index contributed by atoms with van der Waals surface area (Å²) in [6.07, 6.45) is 9.98. The van der Waals surface area contributed by atoms with Crippen molar-refractivity contribution < 1.29 is 19.1 Å². The molecule has 4 heteroatoms. The quantitative estimate of drug-likeness (QED) is 0.334. The molecular weight excluding hydrogens is 316 g/mol. The highest BCUT2D eigenvalue weighted by molar-refractivity contribution is 5.72. The van der Waals surface area contributed by atoms with Crippen molar-refractivity contribution in [2.24, 2.45) is 11.8 Å². The largest absolute Gasteiger partial charge is 0.465 e. The molecule has 0 spiro atoms. The summed E-state index contributed by atoms with van der Waals surface area (Å²) in [5.41, 5.74) is 0. The first kappa shape index (κ1) is 23.9. The lowest BCUT2D eigenvalue weighted by Gasteiger charge is -2.16. The van der Waals surface area contributed by atoms with Crippen molar-refractivity contribution in [2.75, 3.05) is 13.2 Å². The summed E-state index contributed by atoms with van der Waals surface area (Å²) in [6, 6.07) is 0. The van der Waals surface area contributed by atoms with Crippen LogP contribution in [-0.4, -0.2) is 25.2 Å². The number of rotatable bonds is 16. The van der Waals surface area contributed by atoms with Crippen molar-refractivity contribution in [2.45, 2.75) is 98.3 Å². The Bertz CT molecular complexity index is 297. The van der Waals surface area contributed by atoms with Gasteiger partial charge in [-0.1, -0.05) is 53.4 Å². The van der Waals surface area contributed by atoms with Crippen LogP contribution in [0.25, 0.3) is 0 Å². The van der Waals surface area contributed by atoms with Gasteiger partial charge in [0.1, 0.15) is 0 Å². The van der Waals surface area contributed by atoms with Crippen molar-refractivity contribution in [1.29, 1.82) is 0 Å². The highest BCUT2D eigenvalue weighted by atomic mass is 16.5. The minimum atomic E-state index is -0.195. The van der Waals surface area contributed by atoms with Gasteiger partial charge in [-0.3, -0.25) is 9.59 Å². The van der Waals surface area contributed by atoms with Crippen molar-refractivity contribution >= 4 is 11.9 Å². The number of carbonyl (C=O) groups is 2. The number of hydrogen-bond donors (Lipinski definition) is 0. The molecule has 0 aliphatic rings. The average molecular weight is 357 g/mol. The minimum Gasteiger partial charge on any atom is -0.465 e. The maximum atomic E-state index is 11.8. The third kappa shape index (κ3) is 13.9. The molecular formula is C21H40O4. The second-order valence-electron chi connectivity index (χ2n) is 7.11. The second kappa shape index (κ2) is 16.4. The highest BCUT2D eigenvalue weighted by Gasteiger charge is 2.13. The van der Waals surface area contributed by atoms with Gasteiger partial charge >= 0.3 is 11.9 Å². The van der Waals surface area contributed by atoms with Crippen LogP contribution in [0.4, 0.5) is 0 Å². The van der Waals surface area contributed by atoms with Crippen LogP contribution >= 0.6 is 0 Å². The highest BCUT2D eigenvalue weighted by Crippen LogP contribution is 2.15. The minimum absolute atomic E-state index is 0.195. The fourth-order valence-electron chi connectivity index (χ4n) is 3.20. The van der Waals surface area contributed by atoms with Crippen LogP contribution in [0, 0.1) is 11.8 Å². The van der Waals surface area contributed by atoms with Gasteiger partial charge in [-0.25, -0.2) is 0 Å². The number of hydrogen-bond acceptors (Lipinski definition) is 4. The molecule has 0 amide bonds. The van der Waals surface area contributed by atoms with E-state index in [4.69, 9.17) is 9.47 Å². The van der Waals surface area contributed by atoms with E-state index in [0.29, 0.717) is 44.3 Å². The van der Waals surface area contributed by atoms with E-state index in [2.05, 4.69) is 27.7 Å². The lowest BCUT2D eigenvalue weighted by molar-refractivity contribution is -0.147. The summed E-state index contributed by atoms with van der Waals surface area (Å²) < 4.78 is 10.7. The Morgan fingerprint density at radius 1 is 0.640 bits per heavy atom. The summed E-state index contributed by atoms with van der Waals surface area (Å²) in [6.45, 7) is 9.65. The smallest absolute Gasteiger partial charge is 0.305 e. The van der Waals surface area contributed by atoms with Crippen molar-refractivity contribution in [1.82, 2.24) is 0 Å². The summed E-state index contributed by atoms with van der Waals surface area (Å²) in [5.74, 6) is 0.552. The summed E-state index contributed by atoms with van der Waals surface area (Å²) in [4.78, 5) is 23.6. The Hall–Kier alpha value is -1.06. The van der Waals surface area contributed by atoms with Gasteiger partial charge < -0.3 is 9.47 Å². The first-order valence-electron chi connectivity index (χ1n) is 10.4. The maximum absolute atomic E-state index is 11.8. The van der Waals surface area contributed by atoms with Crippen LogP contribution in [0.1, 0.15) is 98.3 Å². The van der Waals surface area contributed by atoms with E-state index < -0.39 is 0 Å². The third-order valence-electron chi connectivity index (χ3n) is 4.51. The van der Waals surface area contributed by atoms with E-state index in [1.165, 1.54) is 0 Å². The van der Waals surface area contributed by atoms with E-state index in [1.54, 1.807) is 0 Å². The number of ether oxygens (including phenoxy) is 2. The summed E-state index contributed by atoms with van der Waals surface area (Å²) in [5, 5.41) is 0. The Morgan fingerprint density at radius 2 is 0.960 bits per heavy atom. The Balaban J connectivity index is 3.85. The molecule has 0 aliphatic carbocycles. The number of esters is 2. The van der Waals surface area contributed by atoms with E-state index in [1.807, 2.05) is 0 Å². The van der Waals surface area contributed by atoms with Gasteiger partial charge in [-0.2, -0.15) is 0 Å². The number of carbonyl (C=O) groups excluding carboxylic acids is 2. The van der Waals surface area contributed by atoms with Crippen LogP contribution in [0.15, 0.2) is 0 Å². The van der Waals surface area contributed by atoms with Gasteiger partial charge in [0.05, 0.1) is 13.2 Å². The van der Waals surface area contributed by atoms with E-state index in [-0.39, 0.29) is 11.9 Å². The Kier molecular flexibility index (Phi) is 15.7. The molecule has 0 atom stereocenters. The molecule has 0 radical (unpaired) electrons. The zero-order chi connectivity index (χ0) is 18.9. The average Bonchev–Trinajstić information content (AvgIpc) is 2.58. The van der Waals surface area contributed by atoms with Gasteiger partial charge in [0.2, 0.25) is 0 Å². The SMILES string of the molecule is CCCC(CCC)COC(=O)CCCC(=O)OCC(CCC)CCC. The van der Waals surface area contributed by atoms with Gasteiger partial charge in [-0.05, 0) is 43.9 Å². The first-order chi connectivity index (χ1) is 12.1. The molecule has 0 rings (SSSR count). The molecule has 0 heterocycles. The molecule has 0 unspecified atom stereocenters. The van der Waals surface area contributed by atoms with Gasteiger partial charge in [0.15, 0.2) is 0 Å². The van der Waals surface area contributed by atoms with Gasteiger partial charge in [0.25, 0.3) is 0 Å². The standard InChI is InChI=1S/C21H40O4/c1-5-10-18(11-6-2)16-24-20(22)14-9-15-21(23)25-17-19(12-7-3)13-8-4/h18-19H,5-17H2,1-4H3.